The maximum absolute atomic E-state index is 6.83. The smallest absolute Gasteiger partial charge is 0.281 e. The second-order valence-corrected chi connectivity index (χ2v) is 11.4. The summed E-state index contributed by atoms with van der Waals surface area (Å²) in [5.41, 5.74) is 0. The summed E-state index contributed by atoms with van der Waals surface area (Å²) in [6, 6.07) is 0. The summed E-state index contributed by atoms with van der Waals surface area (Å²) in [5.74, 6) is -1.12. The lowest BCUT2D eigenvalue weighted by molar-refractivity contribution is -0.458. The minimum atomic E-state index is -1.12. The number of hydroxylamine groups is 2. The summed E-state index contributed by atoms with van der Waals surface area (Å²) in [5, 5.41) is 1.97. The normalized spacial score (nSPS) is 32.9. The largest absolute Gasteiger partial charge is 0.379 e. The molecule has 0 aromatic heterocycles. The number of likely N-dealkylation sites (tertiary alicyclic amines) is 1. The molecule has 5 saturated heterocycles. The first-order valence-electron chi connectivity index (χ1n) is 15.6. The molecule has 0 aromatic rings. The SMILES string of the molecule is C1CCN(CON2CCCC(OCC3CCCCO3)C2(OCCN2CCOCC2)OCN2CCOCC2)CC1. The van der Waals surface area contributed by atoms with Crippen molar-refractivity contribution >= 4 is 0 Å². The Hall–Kier alpha value is -0.440. The first kappa shape index (κ1) is 30.0. The van der Waals surface area contributed by atoms with E-state index in [4.69, 9.17) is 33.3 Å². The molecule has 3 atom stereocenters. The molecule has 0 bridgehead atoms. The molecule has 39 heavy (non-hydrogen) atoms. The van der Waals surface area contributed by atoms with Gasteiger partial charge in [0.25, 0.3) is 5.91 Å². The highest BCUT2D eigenvalue weighted by atomic mass is 16.8. The van der Waals surface area contributed by atoms with Crippen molar-refractivity contribution in [3.8, 4) is 0 Å². The van der Waals surface area contributed by atoms with Crippen molar-refractivity contribution in [3.05, 3.63) is 0 Å². The van der Waals surface area contributed by atoms with E-state index in [1.54, 1.807) is 0 Å². The zero-order valence-electron chi connectivity index (χ0n) is 24.0. The van der Waals surface area contributed by atoms with Crippen LogP contribution in [0.15, 0.2) is 0 Å². The van der Waals surface area contributed by atoms with Gasteiger partial charge in [0, 0.05) is 59.0 Å². The van der Waals surface area contributed by atoms with Crippen LogP contribution in [0.2, 0.25) is 0 Å². The number of ether oxygens (including phenoxy) is 6. The predicted molar refractivity (Wildman–Crippen MR) is 145 cm³/mol. The lowest BCUT2D eigenvalue weighted by atomic mass is 10.0. The minimum Gasteiger partial charge on any atom is -0.379 e. The summed E-state index contributed by atoms with van der Waals surface area (Å²) in [4.78, 5) is 13.6. The molecular weight excluding hydrogens is 504 g/mol. The van der Waals surface area contributed by atoms with E-state index in [1.165, 1.54) is 25.7 Å². The number of nitrogens with zero attached hydrogens (tertiary/aromatic N) is 4. The van der Waals surface area contributed by atoms with Gasteiger partial charge in [-0.05, 0) is 44.9 Å². The van der Waals surface area contributed by atoms with Gasteiger partial charge in [-0.2, -0.15) is 0 Å². The van der Waals surface area contributed by atoms with E-state index in [-0.39, 0.29) is 12.2 Å². The standard InChI is InChI=1S/C28H52N4O7/c1-3-9-30(10-4-1)25-39-32-11-6-8-27(36-23-26-7-2-5-17-35-26)28(32,38-24-31-14-20-34-21-15-31)37-22-16-29-12-18-33-19-13-29/h26-27H,1-25H2. The number of morpholine rings is 2. The van der Waals surface area contributed by atoms with Gasteiger partial charge in [-0.3, -0.25) is 19.5 Å². The molecule has 5 aliphatic rings. The van der Waals surface area contributed by atoms with Crippen LogP contribution < -0.4 is 0 Å². The molecule has 5 fully saturated rings. The molecule has 0 aliphatic carbocycles. The Kier molecular flexibility index (Phi) is 12.5. The van der Waals surface area contributed by atoms with E-state index in [2.05, 4.69) is 14.7 Å². The number of hydrogen-bond donors (Lipinski definition) is 0. The maximum Gasteiger partial charge on any atom is 0.281 e. The molecule has 5 heterocycles. The molecule has 0 N–H and O–H groups in total. The van der Waals surface area contributed by atoms with E-state index < -0.39 is 5.91 Å². The molecular formula is C28H52N4O7. The average Bonchev–Trinajstić information content (AvgIpc) is 3.01. The number of hydrogen-bond acceptors (Lipinski definition) is 11. The fourth-order valence-electron chi connectivity index (χ4n) is 6.10. The molecule has 0 radical (unpaired) electrons. The van der Waals surface area contributed by atoms with Crippen LogP contribution in [0, 0.1) is 0 Å². The summed E-state index contributed by atoms with van der Waals surface area (Å²) >= 11 is 0. The molecule has 11 heteroatoms. The Morgan fingerprint density at radius 3 is 2.13 bits per heavy atom. The highest BCUT2D eigenvalue weighted by Crippen LogP contribution is 2.35. The van der Waals surface area contributed by atoms with Gasteiger partial charge in [0.1, 0.15) is 19.6 Å². The Morgan fingerprint density at radius 1 is 0.641 bits per heavy atom. The van der Waals surface area contributed by atoms with Crippen molar-refractivity contribution < 1.29 is 33.3 Å². The summed E-state index contributed by atoms with van der Waals surface area (Å²) in [6.07, 6.45) is 8.81. The molecule has 3 unspecified atom stereocenters. The van der Waals surface area contributed by atoms with E-state index in [0.717, 1.165) is 111 Å². The molecule has 0 amide bonds. The van der Waals surface area contributed by atoms with Crippen LogP contribution in [0.4, 0.5) is 0 Å². The van der Waals surface area contributed by atoms with Crippen LogP contribution >= 0.6 is 0 Å². The fourth-order valence-corrected chi connectivity index (χ4v) is 6.10. The number of rotatable bonds is 13. The van der Waals surface area contributed by atoms with Crippen molar-refractivity contribution in [2.45, 2.75) is 69.5 Å². The van der Waals surface area contributed by atoms with Crippen molar-refractivity contribution in [2.75, 3.05) is 112 Å². The van der Waals surface area contributed by atoms with Gasteiger partial charge in [0.05, 0.1) is 45.7 Å². The monoisotopic (exact) mass is 556 g/mol. The summed E-state index contributed by atoms with van der Waals surface area (Å²) in [6.45, 7) is 13.2. The Bertz CT molecular complexity index is 638. The van der Waals surface area contributed by atoms with Crippen molar-refractivity contribution in [3.63, 3.8) is 0 Å². The first-order chi connectivity index (χ1) is 19.3. The second-order valence-electron chi connectivity index (χ2n) is 11.4. The van der Waals surface area contributed by atoms with Crippen LogP contribution in [-0.2, 0) is 33.3 Å². The molecule has 5 rings (SSSR count). The van der Waals surface area contributed by atoms with Crippen LogP contribution in [0.3, 0.4) is 0 Å². The van der Waals surface area contributed by atoms with E-state index in [9.17, 15) is 0 Å². The topological polar surface area (TPSA) is 77.6 Å². The van der Waals surface area contributed by atoms with E-state index in [1.807, 2.05) is 5.06 Å². The van der Waals surface area contributed by atoms with Gasteiger partial charge < -0.3 is 28.4 Å². The lowest BCUT2D eigenvalue weighted by Crippen LogP contribution is -2.66. The zero-order chi connectivity index (χ0) is 26.6. The first-order valence-corrected chi connectivity index (χ1v) is 15.6. The quantitative estimate of drug-likeness (QED) is 0.311. The fraction of sp³-hybridized carbons (Fsp3) is 1.00. The van der Waals surface area contributed by atoms with Gasteiger partial charge in [-0.1, -0.05) is 6.42 Å². The average molecular weight is 557 g/mol. The second kappa shape index (κ2) is 16.3. The van der Waals surface area contributed by atoms with Crippen LogP contribution in [-0.4, -0.2) is 150 Å². The summed E-state index contributed by atoms with van der Waals surface area (Å²) in [7, 11) is 0. The molecule has 226 valence electrons. The Morgan fingerprint density at radius 2 is 1.38 bits per heavy atom. The summed E-state index contributed by atoms with van der Waals surface area (Å²) < 4.78 is 37.4. The third kappa shape index (κ3) is 9.02. The van der Waals surface area contributed by atoms with Gasteiger partial charge in [-0.25, -0.2) is 0 Å². The van der Waals surface area contributed by atoms with Gasteiger partial charge in [0.2, 0.25) is 0 Å². The Labute approximate surface area is 234 Å². The highest BCUT2D eigenvalue weighted by Gasteiger charge is 2.52. The van der Waals surface area contributed by atoms with E-state index in [0.29, 0.717) is 26.7 Å². The lowest BCUT2D eigenvalue weighted by Gasteiger charge is -2.50. The predicted octanol–water partition coefficient (Wildman–Crippen LogP) is 1.72. The van der Waals surface area contributed by atoms with Crippen LogP contribution in [0.5, 0.6) is 0 Å². The Balaban J connectivity index is 1.30. The van der Waals surface area contributed by atoms with Gasteiger partial charge in [0.15, 0.2) is 0 Å². The minimum absolute atomic E-state index is 0.133. The van der Waals surface area contributed by atoms with Gasteiger partial charge >= 0.3 is 0 Å². The van der Waals surface area contributed by atoms with Crippen LogP contribution in [0.25, 0.3) is 0 Å². The third-order valence-corrected chi connectivity index (χ3v) is 8.56. The van der Waals surface area contributed by atoms with Crippen molar-refractivity contribution in [1.82, 2.24) is 19.8 Å². The molecule has 11 nitrogen and oxygen atoms in total. The molecule has 0 aromatic carbocycles. The molecule has 0 spiro atoms. The number of piperidine rings is 2. The molecule has 5 aliphatic heterocycles. The van der Waals surface area contributed by atoms with Gasteiger partial charge in [-0.15, -0.1) is 5.06 Å². The van der Waals surface area contributed by atoms with Crippen LogP contribution in [0.1, 0.15) is 51.4 Å². The molecule has 0 saturated carbocycles. The zero-order valence-corrected chi connectivity index (χ0v) is 24.0. The highest BCUT2D eigenvalue weighted by molar-refractivity contribution is 4.85. The van der Waals surface area contributed by atoms with E-state index >= 15 is 0 Å². The maximum atomic E-state index is 6.83. The van der Waals surface area contributed by atoms with Crippen molar-refractivity contribution in [2.24, 2.45) is 0 Å². The third-order valence-electron chi connectivity index (χ3n) is 8.56. The van der Waals surface area contributed by atoms with Crippen molar-refractivity contribution in [1.29, 1.82) is 0 Å².